The molecule has 0 bridgehead atoms. The summed E-state index contributed by atoms with van der Waals surface area (Å²) >= 11 is 0. The van der Waals surface area contributed by atoms with E-state index in [0.717, 1.165) is 19.3 Å². The van der Waals surface area contributed by atoms with Gasteiger partial charge in [-0.3, -0.25) is 0 Å². The number of hydrogen-bond acceptors (Lipinski definition) is 3. The smallest absolute Gasteiger partial charge is 0.301 e. The first kappa shape index (κ1) is 8.43. The minimum absolute atomic E-state index is 0.324. The molecule has 0 aliphatic heterocycles. The lowest BCUT2D eigenvalue weighted by atomic mass is 10.2. The minimum Gasteiger partial charge on any atom is -0.301 e. The van der Waals surface area contributed by atoms with E-state index in [-0.39, 0.29) is 0 Å². The Morgan fingerprint density at radius 2 is 2.22 bits per heavy atom. The summed E-state index contributed by atoms with van der Waals surface area (Å²) in [5.74, 6) is -0.538. The molecule has 0 aromatic heterocycles. The van der Waals surface area contributed by atoms with Gasteiger partial charge in [-0.15, -0.1) is 0 Å². The summed E-state index contributed by atoms with van der Waals surface area (Å²) in [7, 11) is 0. The molecule has 0 aliphatic carbocycles. The van der Waals surface area contributed by atoms with Crippen molar-refractivity contribution in [3.05, 3.63) is 0 Å². The molecule has 0 saturated carbocycles. The van der Waals surface area contributed by atoms with E-state index in [1.807, 2.05) is 6.92 Å². The maximum Gasteiger partial charge on any atom is 0.342 e. The van der Waals surface area contributed by atoms with Crippen LogP contribution in [0.5, 0.6) is 0 Å². The molecule has 3 heteroatoms. The lowest BCUT2D eigenvalue weighted by Crippen LogP contribution is -1.99. The molecule has 0 fully saturated rings. The highest BCUT2D eigenvalue weighted by Gasteiger charge is 1.98. The van der Waals surface area contributed by atoms with Gasteiger partial charge in [-0.25, -0.2) is 4.79 Å². The zero-order valence-electron chi connectivity index (χ0n) is 5.59. The molecule has 0 aliphatic rings. The molecule has 3 nitrogen and oxygen atoms in total. The van der Waals surface area contributed by atoms with Crippen LogP contribution in [-0.4, -0.2) is 11.2 Å². The van der Waals surface area contributed by atoms with Crippen LogP contribution in [0.1, 0.15) is 32.6 Å². The third-order valence-electron chi connectivity index (χ3n) is 1.09. The van der Waals surface area contributed by atoms with E-state index in [4.69, 9.17) is 5.26 Å². The van der Waals surface area contributed by atoms with E-state index in [0.29, 0.717) is 6.42 Å². The van der Waals surface area contributed by atoms with Gasteiger partial charge < -0.3 is 4.89 Å². The van der Waals surface area contributed by atoms with Crippen LogP contribution in [0.25, 0.3) is 0 Å². The van der Waals surface area contributed by atoms with Crippen molar-refractivity contribution in [3.8, 4) is 0 Å². The van der Waals surface area contributed by atoms with E-state index in [1.165, 1.54) is 0 Å². The summed E-state index contributed by atoms with van der Waals surface area (Å²) in [6.45, 7) is 2.05. The van der Waals surface area contributed by atoms with Crippen molar-refractivity contribution in [2.24, 2.45) is 0 Å². The maximum atomic E-state index is 10.2. The van der Waals surface area contributed by atoms with Gasteiger partial charge in [-0.2, -0.15) is 5.26 Å². The fraction of sp³-hybridized carbons (Fsp3) is 0.833. The quantitative estimate of drug-likeness (QED) is 0.359. The second-order valence-electron chi connectivity index (χ2n) is 1.92. The van der Waals surface area contributed by atoms with Gasteiger partial charge in [0.05, 0.1) is 0 Å². The lowest BCUT2D eigenvalue weighted by molar-refractivity contribution is -0.234. The highest BCUT2D eigenvalue weighted by atomic mass is 17.1. The molecule has 9 heavy (non-hydrogen) atoms. The molecule has 0 atom stereocenters. The molecule has 0 saturated heterocycles. The van der Waals surface area contributed by atoms with Gasteiger partial charge in [-0.1, -0.05) is 19.8 Å². The van der Waals surface area contributed by atoms with Crippen molar-refractivity contribution >= 4 is 5.97 Å². The topological polar surface area (TPSA) is 46.5 Å². The third-order valence-corrected chi connectivity index (χ3v) is 1.09. The van der Waals surface area contributed by atoms with Gasteiger partial charge in [0.1, 0.15) is 0 Å². The summed E-state index contributed by atoms with van der Waals surface area (Å²) in [6, 6.07) is 0. The van der Waals surface area contributed by atoms with Crippen LogP contribution in [0.4, 0.5) is 0 Å². The maximum absolute atomic E-state index is 10.2. The number of hydrogen-bond donors (Lipinski definition) is 1. The average molecular weight is 132 g/mol. The molecule has 54 valence electrons. The largest absolute Gasteiger partial charge is 0.342 e. The van der Waals surface area contributed by atoms with Crippen molar-refractivity contribution < 1.29 is 14.9 Å². The van der Waals surface area contributed by atoms with Crippen LogP contribution >= 0.6 is 0 Å². The molecule has 0 aromatic rings. The van der Waals surface area contributed by atoms with Crippen LogP contribution in [0.2, 0.25) is 0 Å². The second-order valence-corrected chi connectivity index (χ2v) is 1.92. The van der Waals surface area contributed by atoms with Crippen molar-refractivity contribution in [3.63, 3.8) is 0 Å². The van der Waals surface area contributed by atoms with E-state index in [2.05, 4.69) is 4.89 Å². The van der Waals surface area contributed by atoms with E-state index < -0.39 is 5.97 Å². The number of unbranched alkanes of at least 4 members (excludes halogenated alkanes) is 2. The van der Waals surface area contributed by atoms with Crippen LogP contribution in [0.3, 0.4) is 0 Å². The molecular formula is C6H12O3. The lowest BCUT2D eigenvalue weighted by Gasteiger charge is -1.93. The predicted octanol–water partition coefficient (Wildman–Crippen LogP) is 1.58. The Bertz CT molecular complexity index is 80.4. The molecule has 0 heterocycles. The van der Waals surface area contributed by atoms with Crippen LogP contribution in [-0.2, 0) is 9.68 Å². The fourth-order valence-corrected chi connectivity index (χ4v) is 0.565. The van der Waals surface area contributed by atoms with Crippen LogP contribution < -0.4 is 0 Å². The van der Waals surface area contributed by atoms with Gasteiger partial charge in [0.25, 0.3) is 0 Å². The third kappa shape index (κ3) is 5.30. The van der Waals surface area contributed by atoms with Crippen molar-refractivity contribution in [2.75, 3.05) is 0 Å². The molecule has 0 aromatic carbocycles. The van der Waals surface area contributed by atoms with Crippen molar-refractivity contribution in [1.29, 1.82) is 0 Å². The highest BCUT2D eigenvalue weighted by molar-refractivity contribution is 5.68. The Morgan fingerprint density at radius 3 is 2.67 bits per heavy atom. The summed E-state index contributed by atoms with van der Waals surface area (Å²) in [5, 5.41) is 7.78. The van der Waals surface area contributed by atoms with Gasteiger partial charge >= 0.3 is 5.97 Å². The Morgan fingerprint density at radius 1 is 1.56 bits per heavy atom. The monoisotopic (exact) mass is 132 g/mol. The SMILES string of the molecule is CCCCCC(=O)OO. The van der Waals surface area contributed by atoms with Crippen LogP contribution in [0.15, 0.2) is 0 Å². The summed E-state index contributed by atoms with van der Waals surface area (Å²) in [5.41, 5.74) is 0. The first-order valence-corrected chi connectivity index (χ1v) is 3.15. The molecule has 0 amide bonds. The van der Waals surface area contributed by atoms with Crippen molar-refractivity contribution in [1.82, 2.24) is 0 Å². The second kappa shape index (κ2) is 5.56. The molecule has 1 N–H and O–H groups in total. The predicted molar refractivity (Wildman–Crippen MR) is 32.9 cm³/mol. The standard InChI is InChI=1S/C6H12O3/c1-2-3-4-5-6(7)9-8/h8H,2-5H2,1H3. The molecule has 0 unspecified atom stereocenters. The number of rotatable bonds is 4. The Kier molecular flexibility index (Phi) is 5.21. The average Bonchev–Trinajstić information content (AvgIpc) is 1.89. The van der Waals surface area contributed by atoms with Gasteiger partial charge in [0.2, 0.25) is 0 Å². The molecule has 0 spiro atoms. The van der Waals surface area contributed by atoms with E-state index in [1.54, 1.807) is 0 Å². The van der Waals surface area contributed by atoms with Gasteiger partial charge in [0.15, 0.2) is 0 Å². The summed E-state index contributed by atoms with van der Waals surface area (Å²) in [4.78, 5) is 13.7. The van der Waals surface area contributed by atoms with Crippen molar-refractivity contribution in [2.45, 2.75) is 32.6 Å². The first-order valence-electron chi connectivity index (χ1n) is 3.15. The van der Waals surface area contributed by atoms with Gasteiger partial charge in [-0.05, 0) is 6.42 Å². The fourth-order valence-electron chi connectivity index (χ4n) is 0.565. The summed E-state index contributed by atoms with van der Waals surface area (Å²) in [6.07, 6.45) is 3.20. The zero-order valence-corrected chi connectivity index (χ0v) is 5.59. The summed E-state index contributed by atoms with van der Waals surface area (Å²) < 4.78 is 0. The van der Waals surface area contributed by atoms with Crippen LogP contribution in [0, 0.1) is 0 Å². The zero-order chi connectivity index (χ0) is 7.11. The number of carbonyl (C=O) groups is 1. The van der Waals surface area contributed by atoms with E-state index >= 15 is 0 Å². The van der Waals surface area contributed by atoms with E-state index in [9.17, 15) is 4.79 Å². The van der Waals surface area contributed by atoms with Gasteiger partial charge in [0, 0.05) is 6.42 Å². The minimum atomic E-state index is -0.538. The normalized spacial score (nSPS) is 9.11. The number of carbonyl (C=O) groups excluding carboxylic acids is 1. The highest BCUT2D eigenvalue weighted by Crippen LogP contribution is 1.98. The molecular weight excluding hydrogens is 120 g/mol. The first-order chi connectivity index (χ1) is 4.31. The molecule has 0 rings (SSSR count). The Hall–Kier alpha value is -0.570. The Labute approximate surface area is 54.6 Å². The Balaban J connectivity index is 2.97. The molecule has 0 radical (unpaired) electrons.